The molecule has 0 saturated carbocycles. The van der Waals surface area contributed by atoms with Crippen molar-refractivity contribution in [1.82, 2.24) is 4.40 Å². The topological polar surface area (TPSA) is 74.1 Å². The number of esters is 1. The standard InChI is InChI=1S/C29H26ClNO5/c1-18(2)25-22(16-20-12-7-8-13-21(20)19-10-5-4-6-11-19)31-15-9-14-23(36-17-24(32)35-3)27(31)26(25)28(33)29(30)34/h4-15,18H,16-17H2,1-3H3. The zero-order valence-corrected chi connectivity index (χ0v) is 21.0. The number of fused-ring (bicyclic) bond motifs is 1. The van der Waals surface area contributed by atoms with E-state index in [0.29, 0.717) is 17.5 Å². The number of hydrogen-bond donors (Lipinski definition) is 0. The number of hydrogen-bond acceptors (Lipinski definition) is 5. The third kappa shape index (κ3) is 4.90. The summed E-state index contributed by atoms with van der Waals surface area (Å²) in [4.78, 5) is 37.0. The minimum Gasteiger partial charge on any atom is -0.480 e. The molecule has 184 valence electrons. The summed E-state index contributed by atoms with van der Waals surface area (Å²) in [7, 11) is 1.27. The molecule has 2 aromatic heterocycles. The summed E-state index contributed by atoms with van der Waals surface area (Å²) in [5.74, 6) is -1.19. The molecule has 7 heteroatoms. The van der Waals surface area contributed by atoms with Gasteiger partial charge in [0.2, 0.25) is 5.78 Å². The largest absolute Gasteiger partial charge is 0.480 e. The van der Waals surface area contributed by atoms with E-state index < -0.39 is 17.0 Å². The highest BCUT2D eigenvalue weighted by atomic mass is 35.5. The molecule has 0 atom stereocenters. The highest BCUT2D eigenvalue weighted by Gasteiger charge is 2.30. The Morgan fingerprint density at radius 3 is 2.31 bits per heavy atom. The Bertz CT molecular complexity index is 1440. The number of carbonyl (C=O) groups is 3. The summed E-state index contributed by atoms with van der Waals surface area (Å²) in [5, 5.41) is -1.08. The second-order valence-corrected chi connectivity index (χ2v) is 8.99. The molecule has 0 amide bonds. The van der Waals surface area contributed by atoms with Crippen LogP contribution in [0.3, 0.4) is 0 Å². The molecule has 36 heavy (non-hydrogen) atoms. The van der Waals surface area contributed by atoms with E-state index in [2.05, 4.69) is 29.0 Å². The van der Waals surface area contributed by atoms with Crippen molar-refractivity contribution in [3.05, 3.63) is 95.3 Å². The molecule has 0 spiro atoms. The number of halogens is 1. The number of aromatic nitrogens is 1. The molecule has 0 radical (unpaired) electrons. The zero-order chi connectivity index (χ0) is 25.8. The van der Waals surface area contributed by atoms with Crippen molar-refractivity contribution in [3.8, 4) is 16.9 Å². The van der Waals surface area contributed by atoms with Crippen LogP contribution in [0.5, 0.6) is 5.75 Å². The van der Waals surface area contributed by atoms with Crippen LogP contribution in [0.25, 0.3) is 16.6 Å². The van der Waals surface area contributed by atoms with Gasteiger partial charge in [-0.3, -0.25) is 9.59 Å². The summed E-state index contributed by atoms with van der Waals surface area (Å²) < 4.78 is 12.3. The first-order chi connectivity index (χ1) is 17.3. The molecular formula is C29H26ClNO5. The number of benzene rings is 2. The van der Waals surface area contributed by atoms with E-state index in [9.17, 15) is 14.4 Å². The summed E-state index contributed by atoms with van der Waals surface area (Å²) >= 11 is 5.70. The first-order valence-corrected chi connectivity index (χ1v) is 11.9. The van der Waals surface area contributed by atoms with E-state index in [1.165, 1.54) is 7.11 Å². The molecule has 0 N–H and O–H groups in total. The van der Waals surface area contributed by atoms with Crippen molar-refractivity contribution in [1.29, 1.82) is 0 Å². The molecule has 0 aliphatic heterocycles. The number of rotatable bonds is 9. The maximum atomic E-state index is 13.1. The van der Waals surface area contributed by atoms with Gasteiger partial charge >= 0.3 is 5.97 Å². The molecule has 2 aromatic carbocycles. The fourth-order valence-electron chi connectivity index (χ4n) is 4.56. The lowest BCUT2D eigenvalue weighted by Gasteiger charge is -2.14. The van der Waals surface area contributed by atoms with Gasteiger partial charge in [0.1, 0.15) is 5.75 Å². The predicted octanol–water partition coefficient (Wildman–Crippen LogP) is 5.82. The van der Waals surface area contributed by atoms with Crippen LogP contribution in [0.2, 0.25) is 0 Å². The van der Waals surface area contributed by atoms with E-state index in [4.69, 9.17) is 16.3 Å². The Morgan fingerprint density at radius 1 is 0.944 bits per heavy atom. The quantitative estimate of drug-likeness (QED) is 0.124. The average molecular weight is 504 g/mol. The Kier molecular flexibility index (Phi) is 7.55. The smallest absolute Gasteiger partial charge is 0.343 e. The van der Waals surface area contributed by atoms with Gasteiger partial charge < -0.3 is 13.9 Å². The fraction of sp³-hybridized carbons (Fsp3) is 0.207. The van der Waals surface area contributed by atoms with Crippen molar-refractivity contribution in [3.63, 3.8) is 0 Å². The highest BCUT2D eigenvalue weighted by Crippen LogP contribution is 2.38. The van der Waals surface area contributed by atoms with Gasteiger partial charge in [-0.1, -0.05) is 68.4 Å². The number of ketones is 1. The van der Waals surface area contributed by atoms with Crippen molar-refractivity contribution in [2.45, 2.75) is 26.2 Å². The van der Waals surface area contributed by atoms with Crippen LogP contribution in [0.4, 0.5) is 0 Å². The second-order valence-electron chi connectivity index (χ2n) is 8.65. The zero-order valence-electron chi connectivity index (χ0n) is 20.3. The van der Waals surface area contributed by atoms with Gasteiger partial charge in [0.05, 0.1) is 18.2 Å². The number of pyridine rings is 1. The molecule has 0 bridgehead atoms. The first-order valence-electron chi connectivity index (χ1n) is 11.6. The lowest BCUT2D eigenvalue weighted by atomic mass is 9.91. The van der Waals surface area contributed by atoms with Crippen LogP contribution in [0.1, 0.15) is 46.9 Å². The van der Waals surface area contributed by atoms with Crippen LogP contribution >= 0.6 is 11.6 Å². The second kappa shape index (κ2) is 10.8. The molecule has 0 saturated heterocycles. The molecule has 2 heterocycles. The van der Waals surface area contributed by atoms with Gasteiger partial charge in [-0.15, -0.1) is 0 Å². The molecular weight excluding hydrogens is 478 g/mol. The Hall–Kier alpha value is -3.90. The van der Waals surface area contributed by atoms with Gasteiger partial charge in [0.25, 0.3) is 5.24 Å². The fourth-order valence-corrected chi connectivity index (χ4v) is 4.65. The normalized spacial score (nSPS) is 11.0. The highest BCUT2D eigenvalue weighted by molar-refractivity contribution is 6.83. The Balaban J connectivity index is 1.96. The SMILES string of the molecule is COC(=O)COc1cccn2c(Cc3ccccc3-c3ccccc3)c(C(C)C)c(C(=O)C(=O)Cl)c12. The van der Waals surface area contributed by atoms with Crippen LogP contribution in [0, 0.1) is 0 Å². The van der Waals surface area contributed by atoms with Crippen LogP contribution in [0.15, 0.2) is 72.9 Å². The Morgan fingerprint density at radius 2 is 1.64 bits per heavy atom. The maximum absolute atomic E-state index is 13.1. The van der Waals surface area contributed by atoms with E-state index >= 15 is 0 Å². The summed E-state index contributed by atoms with van der Waals surface area (Å²) in [6.07, 6.45) is 2.31. The van der Waals surface area contributed by atoms with Crippen molar-refractivity contribution >= 4 is 34.1 Å². The van der Waals surface area contributed by atoms with Gasteiger partial charge in [-0.05, 0) is 51.9 Å². The third-order valence-electron chi connectivity index (χ3n) is 6.08. The number of Topliss-reactive ketones (excluding diaryl/α,β-unsaturated/α-hetero) is 1. The van der Waals surface area contributed by atoms with E-state index in [1.807, 2.05) is 54.8 Å². The summed E-state index contributed by atoms with van der Waals surface area (Å²) in [6, 6.07) is 21.6. The lowest BCUT2D eigenvalue weighted by molar-refractivity contribution is -0.142. The van der Waals surface area contributed by atoms with E-state index in [1.54, 1.807) is 12.1 Å². The van der Waals surface area contributed by atoms with Crippen molar-refractivity contribution in [2.24, 2.45) is 0 Å². The van der Waals surface area contributed by atoms with Gasteiger partial charge in [-0.25, -0.2) is 4.79 Å². The van der Waals surface area contributed by atoms with Gasteiger partial charge in [0.15, 0.2) is 6.61 Å². The van der Waals surface area contributed by atoms with Crippen molar-refractivity contribution < 1.29 is 23.9 Å². The third-order valence-corrected chi connectivity index (χ3v) is 6.25. The molecule has 0 aliphatic carbocycles. The lowest BCUT2D eigenvalue weighted by Crippen LogP contribution is -2.14. The molecule has 0 fully saturated rings. The molecule has 0 unspecified atom stereocenters. The predicted molar refractivity (Wildman–Crippen MR) is 139 cm³/mol. The number of carbonyl (C=O) groups excluding carboxylic acids is 3. The van der Waals surface area contributed by atoms with Crippen LogP contribution in [-0.4, -0.2) is 35.1 Å². The van der Waals surface area contributed by atoms with Gasteiger partial charge in [0, 0.05) is 18.3 Å². The molecule has 0 aliphatic rings. The molecule has 6 nitrogen and oxygen atoms in total. The van der Waals surface area contributed by atoms with Crippen LogP contribution in [-0.2, 0) is 20.7 Å². The van der Waals surface area contributed by atoms with E-state index in [-0.39, 0.29) is 23.8 Å². The molecule has 4 aromatic rings. The molecule has 4 rings (SSSR count). The number of nitrogens with zero attached hydrogens (tertiary/aromatic N) is 1. The first kappa shape index (κ1) is 25.2. The number of methoxy groups -OCH3 is 1. The monoisotopic (exact) mass is 503 g/mol. The number of ether oxygens (including phenoxy) is 2. The minimum atomic E-state index is -1.08. The van der Waals surface area contributed by atoms with Crippen molar-refractivity contribution in [2.75, 3.05) is 13.7 Å². The average Bonchev–Trinajstić information content (AvgIpc) is 3.22. The van der Waals surface area contributed by atoms with Crippen LogP contribution < -0.4 is 4.74 Å². The van der Waals surface area contributed by atoms with Gasteiger partial charge in [-0.2, -0.15) is 0 Å². The minimum absolute atomic E-state index is 0.104. The maximum Gasteiger partial charge on any atom is 0.343 e. The van der Waals surface area contributed by atoms with E-state index in [0.717, 1.165) is 22.4 Å². The summed E-state index contributed by atoms with van der Waals surface area (Å²) in [5.41, 5.74) is 5.35. The summed E-state index contributed by atoms with van der Waals surface area (Å²) in [6.45, 7) is 3.59. The Labute approximate surface area is 214 Å².